The number of benzene rings is 3. The molecule has 36 heavy (non-hydrogen) atoms. The van der Waals surface area contributed by atoms with Crippen LogP contribution in [0.3, 0.4) is 0 Å². The molecule has 0 bridgehead atoms. The molecule has 2 aliphatic rings. The summed E-state index contributed by atoms with van der Waals surface area (Å²) in [6, 6.07) is 14.9. The predicted octanol–water partition coefficient (Wildman–Crippen LogP) is 4.40. The highest BCUT2D eigenvalue weighted by Crippen LogP contribution is 2.48. The zero-order valence-corrected chi connectivity index (χ0v) is 20.1. The molecule has 0 radical (unpaired) electrons. The summed E-state index contributed by atoms with van der Waals surface area (Å²) in [6.45, 7) is 2.05. The van der Waals surface area contributed by atoms with Crippen LogP contribution in [0.2, 0.25) is 0 Å². The van der Waals surface area contributed by atoms with Crippen molar-refractivity contribution < 1.29 is 24.0 Å². The first-order valence-electron chi connectivity index (χ1n) is 11.5. The first-order chi connectivity index (χ1) is 17.3. The topological polar surface area (TPSA) is 111 Å². The average molecular weight is 488 g/mol. The molecule has 0 saturated carbocycles. The Morgan fingerprint density at radius 3 is 2.50 bits per heavy atom. The van der Waals surface area contributed by atoms with Crippen LogP contribution in [0, 0.1) is 17.0 Å². The molecule has 0 aliphatic carbocycles. The Bertz CT molecular complexity index is 1400. The van der Waals surface area contributed by atoms with Gasteiger partial charge in [-0.05, 0) is 54.3 Å². The number of hydrogen-bond acceptors (Lipinski definition) is 6. The van der Waals surface area contributed by atoms with E-state index in [1.165, 1.54) is 6.07 Å². The second kappa shape index (κ2) is 8.99. The monoisotopic (exact) mass is 487 g/mol. The average Bonchev–Trinajstić information content (AvgIpc) is 2.88. The number of nitrogens with one attached hydrogen (secondary N) is 1. The molecule has 2 atom stereocenters. The van der Waals surface area contributed by atoms with Crippen LogP contribution in [0.25, 0.3) is 0 Å². The Kier molecular flexibility index (Phi) is 5.83. The van der Waals surface area contributed by atoms with Crippen LogP contribution in [0.1, 0.15) is 44.6 Å². The molecule has 0 fully saturated rings. The molecule has 3 aromatic carbocycles. The number of methoxy groups -OCH3 is 2. The summed E-state index contributed by atoms with van der Waals surface area (Å²) in [5.74, 6) is -0.129. The maximum atomic E-state index is 13.9. The van der Waals surface area contributed by atoms with Crippen LogP contribution >= 0.6 is 0 Å². The van der Waals surface area contributed by atoms with Crippen LogP contribution in [0.15, 0.2) is 54.6 Å². The SMILES string of the molecule is COc1cc2c(cc1OC)C1C(C(=O)Nc3cccc([N+](=O)[O-])c3C)c3ccccc3C(=O)N1CC2. The Hall–Kier alpha value is -4.40. The summed E-state index contributed by atoms with van der Waals surface area (Å²) in [5.41, 5.74) is 3.54. The highest BCUT2D eigenvalue weighted by atomic mass is 16.6. The van der Waals surface area contributed by atoms with Gasteiger partial charge in [-0.2, -0.15) is 0 Å². The quantitative estimate of drug-likeness (QED) is 0.422. The number of amides is 2. The van der Waals surface area contributed by atoms with Crippen LogP contribution in [-0.4, -0.2) is 42.4 Å². The van der Waals surface area contributed by atoms with Crippen molar-refractivity contribution in [2.45, 2.75) is 25.3 Å². The number of anilines is 1. The van der Waals surface area contributed by atoms with Gasteiger partial charge in [0.15, 0.2) is 11.5 Å². The second-order valence-corrected chi connectivity index (χ2v) is 8.86. The van der Waals surface area contributed by atoms with Gasteiger partial charge in [0.25, 0.3) is 11.6 Å². The van der Waals surface area contributed by atoms with E-state index in [2.05, 4.69) is 5.32 Å². The smallest absolute Gasteiger partial charge is 0.274 e. The summed E-state index contributed by atoms with van der Waals surface area (Å²) < 4.78 is 11.0. The molecule has 0 saturated heterocycles. The van der Waals surface area contributed by atoms with E-state index in [4.69, 9.17) is 9.47 Å². The van der Waals surface area contributed by atoms with Gasteiger partial charge in [0.2, 0.25) is 5.91 Å². The number of nitro benzene ring substituents is 1. The van der Waals surface area contributed by atoms with E-state index in [9.17, 15) is 19.7 Å². The van der Waals surface area contributed by atoms with Gasteiger partial charge in [-0.1, -0.05) is 24.3 Å². The molecule has 1 N–H and O–H groups in total. The summed E-state index contributed by atoms with van der Waals surface area (Å²) >= 11 is 0. The fourth-order valence-electron chi connectivity index (χ4n) is 5.30. The van der Waals surface area contributed by atoms with E-state index < -0.39 is 16.9 Å². The Balaban J connectivity index is 1.65. The zero-order valence-electron chi connectivity index (χ0n) is 20.1. The fourth-order valence-corrected chi connectivity index (χ4v) is 5.30. The Morgan fingerprint density at radius 1 is 1.06 bits per heavy atom. The summed E-state index contributed by atoms with van der Waals surface area (Å²) in [6.07, 6.45) is 0.610. The van der Waals surface area contributed by atoms with Crippen molar-refractivity contribution in [1.29, 1.82) is 0 Å². The highest BCUT2D eigenvalue weighted by Gasteiger charge is 2.46. The second-order valence-electron chi connectivity index (χ2n) is 8.86. The van der Waals surface area contributed by atoms with E-state index in [0.717, 1.165) is 11.1 Å². The van der Waals surface area contributed by atoms with Crippen molar-refractivity contribution in [2.75, 3.05) is 26.1 Å². The lowest BCUT2D eigenvalue weighted by atomic mass is 9.75. The number of rotatable bonds is 5. The summed E-state index contributed by atoms with van der Waals surface area (Å²) in [7, 11) is 3.11. The molecular weight excluding hydrogens is 462 g/mol. The van der Waals surface area contributed by atoms with E-state index in [-0.39, 0.29) is 17.5 Å². The van der Waals surface area contributed by atoms with E-state index in [0.29, 0.717) is 46.8 Å². The number of nitro groups is 1. The van der Waals surface area contributed by atoms with Gasteiger partial charge < -0.3 is 19.7 Å². The molecule has 2 amide bonds. The molecule has 5 rings (SSSR count). The summed E-state index contributed by atoms with van der Waals surface area (Å²) in [5, 5.41) is 14.3. The van der Waals surface area contributed by atoms with Crippen molar-refractivity contribution in [3.05, 3.63) is 92.5 Å². The Morgan fingerprint density at radius 2 is 1.78 bits per heavy atom. The van der Waals surface area contributed by atoms with E-state index >= 15 is 0 Å². The van der Waals surface area contributed by atoms with Gasteiger partial charge in [0.1, 0.15) is 0 Å². The van der Waals surface area contributed by atoms with Crippen molar-refractivity contribution >= 4 is 23.2 Å². The van der Waals surface area contributed by atoms with Crippen LogP contribution < -0.4 is 14.8 Å². The number of ether oxygens (including phenoxy) is 2. The third-order valence-electron chi connectivity index (χ3n) is 7.07. The van der Waals surface area contributed by atoms with Crippen molar-refractivity contribution in [3.63, 3.8) is 0 Å². The van der Waals surface area contributed by atoms with Gasteiger partial charge in [-0.15, -0.1) is 0 Å². The van der Waals surface area contributed by atoms with E-state index in [1.807, 2.05) is 12.1 Å². The highest BCUT2D eigenvalue weighted by molar-refractivity contribution is 6.05. The molecule has 0 spiro atoms. The molecule has 9 nitrogen and oxygen atoms in total. The lowest BCUT2D eigenvalue weighted by Crippen LogP contribution is -2.49. The van der Waals surface area contributed by atoms with Crippen molar-refractivity contribution in [2.24, 2.45) is 0 Å². The van der Waals surface area contributed by atoms with Gasteiger partial charge in [0.05, 0.1) is 42.4 Å². The minimum atomic E-state index is -0.741. The zero-order chi connectivity index (χ0) is 25.6. The van der Waals surface area contributed by atoms with Gasteiger partial charge in [0, 0.05) is 18.2 Å². The number of hydrogen-bond donors (Lipinski definition) is 1. The van der Waals surface area contributed by atoms with Crippen LogP contribution in [0.5, 0.6) is 11.5 Å². The summed E-state index contributed by atoms with van der Waals surface area (Å²) in [4.78, 5) is 40.1. The molecule has 3 aromatic rings. The molecule has 2 heterocycles. The maximum Gasteiger partial charge on any atom is 0.274 e. The minimum absolute atomic E-state index is 0.0755. The van der Waals surface area contributed by atoms with Crippen molar-refractivity contribution in [3.8, 4) is 11.5 Å². The van der Waals surface area contributed by atoms with E-state index in [1.54, 1.807) is 62.4 Å². The first kappa shape index (κ1) is 23.3. The standard InChI is InChI=1S/C27H25N3O6/c1-15-20(9-6-10-21(15)30(33)34)28-26(31)24-17-7-4-5-8-18(17)27(32)29-12-11-16-13-22(35-2)23(36-3)14-19(16)25(24)29/h4-10,13-14,24-25H,11-12H2,1-3H3,(H,28,31). The number of fused-ring (bicyclic) bond motifs is 4. The van der Waals surface area contributed by atoms with Gasteiger partial charge in [-0.25, -0.2) is 0 Å². The van der Waals surface area contributed by atoms with Crippen LogP contribution in [-0.2, 0) is 11.2 Å². The third kappa shape index (κ3) is 3.64. The number of nitrogens with zero attached hydrogens (tertiary/aromatic N) is 2. The molecule has 2 aliphatic heterocycles. The lowest BCUT2D eigenvalue weighted by molar-refractivity contribution is -0.385. The number of carbonyl (C=O) groups excluding carboxylic acids is 2. The fraction of sp³-hybridized carbons (Fsp3) is 0.259. The van der Waals surface area contributed by atoms with Crippen molar-refractivity contribution in [1.82, 2.24) is 4.90 Å². The minimum Gasteiger partial charge on any atom is -0.493 e. The normalized spacial score (nSPS) is 18.0. The number of carbonyl (C=O) groups is 2. The molecule has 2 unspecified atom stereocenters. The van der Waals surface area contributed by atoms with Gasteiger partial charge in [-0.3, -0.25) is 19.7 Å². The molecular formula is C27H25N3O6. The van der Waals surface area contributed by atoms with Gasteiger partial charge >= 0.3 is 0 Å². The first-order valence-corrected chi connectivity index (χ1v) is 11.5. The molecule has 9 heteroatoms. The third-order valence-corrected chi connectivity index (χ3v) is 7.07. The van der Waals surface area contributed by atoms with Crippen LogP contribution in [0.4, 0.5) is 11.4 Å². The maximum absolute atomic E-state index is 13.9. The lowest BCUT2D eigenvalue weighted by Gasteiger charge is -2.45. The molecule has 0 aromatic heterocycles. The Labute approximate surface area is 207 Å². The largest absolute Gasteiger partial charge is 0.493 e. The predicted molar refractivity (Wildman–Crippen MR) is 133 cm³/mol. The molecule has 184 valence electrons.